The lowest BCUT2D eigenvalue weighted by Crippen LogP contribution is -2.46. The number of nitrogens with zero attached hydrogens (tertiary/aromatic N) is 1. The molecule has 4 nitrogen and oxygen atoms in total. The molecule has 0 unspecified atom stereocenters. The van der Waals surface area contributed by atoms with Gasteiger partial charge in [-0.15, -0.1) is 0 Å². The van der Waals surface area contributed by atoms with Gasteiger partial charge in [0.25, 0.3) is 0 Å². The predicted molar refractivity (Wildman–Crippen MR) is 67.5 cm³/mol. The third-order valence-electron chi connectivity index (χ3n) is 3.25. The minimum absolute atomic E-state index is 0.444. The van der Waals surface area contributed by atoms with Gasteiger partial charge in [-0.25, -0.2) is 8.42 Å². The van der Waals surface area contributed by atoms with Crippen LogP contribution >= 0.6 is 0 Å². The fourth-order valence-corrected chi connectivity index (χ4v) is 3.77. The highest BCUT2D eigenvalue weighted by molar-refractivity contribution is 7.89. The summed E-state index contributed by atoms with van der Waals surface area (Å²) in [5.41, 5.74) is 1.87. The van der Waals surface area contributed by atoms with Crippen LogP contribution in [0.4, 0.5) is 0 Å². The summed E-state index contributed by atoms with van der Waals surface area (Å²) in [6, 6.07) is 5.43. The molecule has 17 heavy (non-hydrogen) atoms. The molecular weight excluding hydrogens is 236 g/mol. The van der Waals surface area contributed by atoms with E-state index in [0.29, 0.717) is 18.0 Å². The molecule has 1 fully saturated rings. The van der Waals surface area contributed by atoms with Gasteiger partial charge in [-0.1, -0.05) is 12.1 Å². The number of aryl methyl sites for hydroxylation is 1. The van der Waals surface area contributed by atoms with Gasteiger partial charge in [0.05, 0.1) is 4.90 Å². The molecule has 0 saturated carbocycles. The Bertz CT molecular complexity index is 505. The fraction of sp³-hybridized carbons (Fsp3) is 0.500. The van der Waals surface area contributed by atoms with E-state index < -0.39 is 10.0 Å². The average Bonchev–Trinajstić information content (AvgIpc) is 2.33. The van der Waals surface area contributed by atoms with Crippen molar-refractivity contribution in [2.75, 3.05) is 26.2 Å². The van der Waals surface area contributed by atoms with Crippen LogP contribution in [0.3, 0.4) is 0 Å². The number of piperazine rings is 1. The molecule has 1 aromatic rings. The SMILES string of the molecule is Cc1cccc(S(=O)(=O)N2CCNCC2)c1C. The Balaban J connectivity index is 2.40. The van der Waals surface area contributed by atoms with Crippen molar-refractivity contribution in [3.8, 4) is 0 Å². The summed E-state index contributed by atoms with van der Waals surface area (Å²) in [6.07, 6.45) is 0. The number of rotatable bonds is 2. The van der Waals surface area contributed by atoms with Crippen LogP contribution in [0.5, 0.6) is 0 Å². The number of benzene rings is 1. The first-order valence-corrected chi connectivity index (χ1v) is 7.24. The normalized spacial score (nSPS) is 18.2. The minimum atomic E-state index is -3.32. The second-order valence-electron chi connectivity index (χ2n) is 4.35. The molecule has 94 valence electrons. The number of sulfonamides is 1. The van der Waals surface area contributed by atoms with Crippen LogP contribution < -0.4 is 5.32 Å². The van der Waals surface area contributed by atoms with Gasteiger partial charge in [0, 0.05) is 26.2 Å². The number of nitrogens with one attached hydrogen (secondary N) is 1. The van der Waals surface area contributed by atoms with E-state index in [-0.39, 0.29) is 0 Å². The monoisotopic (exact) mass is 254 g/mol. The van der Waals surface area contributed by atoms with Gasteiger partial charge in [0.2, 0.25) is 10.0 Å². The third-order valence-corrected chi connectivity index (χ3v) is 5.29. The Hall–Kier alpha value is -0.910. The van der Waals surface area contributed by atoms with Crippen LogP contribution in [-0.2, 0) is 10.0 Å². The maximum atomic E-state index is 12.5. The molecule has 5 heteroatoms. The van der Waals surface area contributed by atoms with E-state index in [1.165, 1.54) is 0 Å². The maximum Gasteiger partial charge on any atom is 0.243 e. The zero-order valence-corrected chi connectivity index (χ0v) is 11.0. The van der Waals surface area contributed by atoms with Crippen LogP contribution in [0.25, 0.3) is 0 Å². The first kappa shape index (κ1) is 12.5. The van der Waals surface area contributed by atoms with E-state index in [2.05, 4.69) is 5.32 Å². The molecule has 0 amide bonds. The van der Waals surface area contributed by atoms with Crippen LogP contribution in [0.1, 0.15) is 11.1 Å². The van der Waals surface area contributed by atoms with Crippen LogP contribution in [0, 0.1) is 13.8 Å². The second kappa shape index (κ2) is 4.76. The zero-order chi connectivity index (χ0) is 12.5. The Morgan fingerprint density at radius 2 is 1.82 bits per heavy atom. The van der Waals surface area contributed by atoms with Crippen molar-refractivity contribution in [2.45, 2.75) is 18.7 Å². The third kappa shape index (κ3) is 2.36. The van der Waals surface area contributed by atoms with Crippen molar-refractivity contribution in [1.82, 2.24) is 9.62 Å². The van der Waals surface area contributed by atoms with Gasteiger partial charge in [-0.05, 0) is 31.0 Å². The summed E-state index contributed by atoms with van der Waals surface area (Å²) in [5, 5.41) is 3.16. The van der Waals surface area contributed by atoms with Gasteiger partial charge in [0.1, 0.15) is 0 Å². The topological polar surface area (TPSA) is 49.4 Å². The van der Waals surface area contributed by atoms with E-state index >= 15 is 0 Å². The zero-order valence-electron chi connectivity index (χ0n) is 10.2. The molecule has 1 N–H and O–H groups in total. The summed E-state index contributed by atoms with van der Waals surface area (Å²) in [7, 11) is -3.32. The van der Waals surface area contributed by atoms with Crippen molar-refractivity contribution in [1.29, 1.82) is 0 Å². The Kier molecular flexibility index (Phi) is 3.51. The largest absolute Gasteiger partial charge is 0.314 e. The molecule has 1 aromatic carbocycles. The molecule has 0 spiro atoms. The summed E-state index contributed by atoms with van der Waals surface area (Å²) in [6.45, 7) is 6.36. The molecular formula is C12H18N2O2S. The molecule has 0 aromatic heterocycles. The highest BCUT2D eigenvalue weighted by atomic mass is 32.2. The predicted octanol–water partition coefficient (Wildman–Crippen LogP) is 0.897. The average molecular weight is 254 g/mol. The molecule has 1 heterocycles. The number of hydrogen-bond acceptors (Lipinski definition) is 3. The lowest BCUT2D eigenvalue weighted by atomic mass is 10.1. The Morgan fingerprint density at radius 1 is 1.18 bits per heavy atom. The summed E-state index contributed by atoms with van der Waals surface area (Å²) in [4.78, 5) is 0.444. The Morgan fingerprint density at radius 3 is 2.47 bits per heavy atom. The van der Waals surface area contributed by atoms with Gasteiger partial charge in [0.15, 0.2) is 0 Å². The molecule has 0 atom stereocenters. The molecule has 2 rings (SSSR count). The van der Waals surface area contributed by atoms with Crippen molar-refractivity contribution < 1.29 is 8.42 Å². The van der Waals surface area contributed by atoms with E-state index in [0.717, 1.165) is 24.2 Å². The highest BCUT2D eigenvalue weighted by Crippen LogP contribution is 2.22. The minimum Gasteiger partial charge on any atom is -0.314 e. The maximum absolute atomic E-state index is 12.5. The van der Waals surface area contributed by atoms with Gasteiger partial charge < -0.3 is 5.32 Å². The van der Waals surface area contributed by atoms with Crippen LogP contribution in [-0.4, -0.2) is 38.9 Å². The summed E-state index contributed by atoms with van der Waals surface area (Å²) < 4.78 is 26.5. The first-order valence-electron chi connectivity index (χ1n) is 5.80. The van der Waals surface area contributed by atoms with Gasteiger partial charge >= 0.3 is 0 Å². The lowest BCUT2D eigenvalue weighted by molar-refractivity contribution is 0.360. The van der Waals surface area contributed by atoms with Crippen molar-refractivity contribution in [2.24, 2.45) is 0 Å². The quantitative estimate of drug-likeness (QED) is 0.853. The van der Waals surface area contributed by atoms with E-state index in [1.807, 2.05) is 19.9 Å². The second-order valence-corrected chi connectivity index (χ2v) is 6.26. The van der Waals surface area contributed by atoms with Crippen molar-refractivity contribution >= 4 is 10.0 Å². The smallest absolute Gasteiger partial charge is 0.243 e. The fourth-order valence-electron chi connectivity index (χ4n) is 2.03. The highest BCUT2D eigenvalue weighted by Gasteiger charge is 2.27. The molecule has 0 aliphatic carbocycles. The number of hydrogen-bond donors (Lipinski definition) is 1. The van der Waals surface area contributed by atoms with Crippen molar-refractivity contribution in [3.05, 3.63) is 29.3 Å². The van der Waals surface area contributed by atoms with Crippen LogP contribution in [0.2, 0.25) is 0 Å². The molecule has 1 aliphatic rings. The lowest BCUT2D eigenvalue weighted by Gasteiger charge is -2.27. The van der Waals surface area contributed by atoms with Gasteiger partial charge in [-0.3, -0.25) is 0 Å². The molecule has 1 saturated heterocycles. The molecule has 0 radical (unpaired) electrons. The molecule has 1 aliphatic heterocycles. The van der Waals surface area contributed by atoms with Crippen molar-refractivity contribution in [3.63, 3.8) is 0 Å². The van der Waals surface area contributed by atoms with E-state index in [9.17, 15) is 8.42 Å². The molecule has 0 bridgehead atoms. The van der Waals surface area contributed by atoms with E-state index in [1.54, 1.807) is 16.4 Å². The standard InChI is InChI=1S/C12H18N2O2S/c1-10-4-3-5-12(11(10)2)17(15,16)14-8-6-13-7-9-14/h3-5,13H,6-9H2,1-2H3. The van der Waals surface area contributed by atoms with Gasteiger partial charge in [-0.2, -0.15) is 4.31 Å². The van der Waals surface area contributed by atoms with E-state index in [4.69, 9.17) is 0 Å². The first-order chi connectivity index (χ1) is 8.03. The Labute approximate surface area is 103 Å². The van der Waals surface area contributed by atoms with Crippen LogP contribution in [0.15, 0.2) is 23.1 Å². The summed E-state index contributed by atoms with van der Waals surface area (Å²) in [5.74, 6) is 0. The summed E-state index contributed by atoms with van der Waals surface area (Å²) >= 11 is 0.